The first kappa shape index (κ1) is 14.0. The molecule has 19 heavy (non-hydrogen) atoms. The van der Waals surface area contributed by atoms with Gasteiger partial charge in [-0.05, 0) is 38.4 Å². The maximum Gasteiger partial charge on any atom is 0.255 e. The minimum Gasteiger partial charge on any atom is -0.339 e. The van der Waals surface area contributed by atoms with E-state index >= 15 is 0 Å². The molecule has 4 heteroatoms. The molecule has 1 aliphatic heterocycles. The van der Waals surface area contributed by atoms with E-state index in [1.165, 1.54) is 0 Å². The van der Waals surface area contributed by atoms with E-state index in [9.17, 15) is 4.79 Å². The van der Waals surface area contributed by atoms with Gasteiger partial charge in [0.1, 0.15) is 0 Å². The van der Waals surface area contributed by atoms with E-state index < -0.39 is 0 Å². The number of carbonyl (C=O) groups is 1. The third-order valence-electron chi connectivity index (χ3n) is 4.03. The van der Waals surface area contributed by atoms with E-state index in [1.54, 1.807) is 6.20 Å². The summed E-state index contributed by atoms with van der Waals surface area (Å²) in [5, 5.41) is 0. The molecule has 0 spiro atoms. The lowest BCUT2D eigenvalue weighted by atomic mass is 10.0. The highest BCUT2D eigenvalue weighted by Gasteiger charge is 2.25. The van der Waals surface area contributed by atoms with Crippen LogP contribution in [0.15, 0.2) is 18.3 Å². The third-order valence-corrected chi connectivity index (χ3v) is 4.03. The van der Waals surface area contributed by atoms with E-state index in [1.807, 2.05) is 31.0 Å². The number of carbonyl (C=O) groups excluding carboxylic acids is 1. The monoisotopic (exact) mass is 261 g/mol. The highest BCUT2D eigenvalue weighted by atomic mass is 16.2. The summed E-state index contributed by atoms with van der Waals surface area (Å²) in [5.41, 5.74) is 1.63. The Morgan fingerprint density at radius 1 is 1.42 bits per heavy atom. The number of piperidine rings is 1. The van der Waals surface area contributed by atoms with Gasteiger partial charge in [0.2, 0.25) is 0 Å². The summed E-state index contributed by atoms with van der Waals surface area (Å²) in [7, 11) is 1.91. The fourth-order valence-corrected chi connectivity index (χ4v) is 2.59. The van der Waals surface area contributed by atoms with Gasteiger partial charge in [-0.1, -0.05) is 6.92 Å². The second kappa shape index (κ2) is 6.15. The van der Waals surface area contributed by atoms with Gasteiger partial charge in [-0.2, -0.15) is 0 Å². The van der Waals surface area contributed by atoms with Crippen molar-refractivity contribution in [3.8, 4) is 0 Å². The number of rotatable bonds is 3. The number of aryl methyl sites for hydroxylation is 1. The van der Waals surface area contributed by atoms with Gasteiger partial charge in [0.25, 0.3) is 5.91 Å². The van der Waals surface area contributed by atoms with Crippen LogP contribution in [0.1, 0.15) is 35.8 Å². The Bertz CT molecular complexity index is 422. The zero-order valence-electron chi connectivity index (χ0n) is 12.1. The fourth-order valence-electron chi connectivity index (χ4n) is 2.59. The molecule has 104 valence electrons. The smallest absolute Gasteiger partial charge is 0.255 e. The molecule has 2 rings (SSSR count). The molecule has 0 atom stereocenters. The zero-order valence-corrected chi connectivity index (χ0v) is 12.1. The molecule has 0 radical (unpaired) electrons. The van der Waals surface area contributed by atoms with Gasteiger partial charge < -0.3 is 9.80 Å². The average molecular weight is 261 g/mol. The van der Waals surface area contributed by atoms with Crippen molar-refractivity contribution in [2.45, 2.75) is 32.7 Å². The van der Waals surface area contributed by atoms with Crippen LogP contribution in [0.3, 0.4) is 0 Å². The van der Waals surface area contributed by atoms with Gasteiger partial charge in [0, 0.05) is 38.1 Å². The van der Waals surface area contributed by atoms with Gasteiger partial charge in [-0.15, -0.1) is 0 Å². The highest BCUT2D eigenvalue weighted by molar-refractivity contribution is 5.93. The molecule has 1 aromatic rings. The van der Waals surface area contributed by atoms with Crippen LogP contribution < -0.4 is 0 Å². The first-order valence-electron chi connectivity index (χ1n) is 7.04. The van der Waals surface area contributed by atoms with E-state index in [0.29, 0.717) is 11.6 Å². The van der Waals surface area contributed by atoms with E-state index in [-0.39, 0.29) is 5.91 Å². The number of hydrogen-bond donors (Lipinski definition) is 0. The Kier molecular flexibility index (Phi) is 4.53. The summed E-state index contributed by atoms with van der Waals surface area (Å²) >= 11 is 0. The van der Waals surface area contributed by atoms with Crippen LogP contribution in [0.25, 0.3) is 0 Å². The summed E-state index contributed by atoms with van der Waals surface area (Å²) in [6.07, 6.45) is 3.81. The van der Waals surface area contributed by atoms with Crippen molar-refractivity contribution < 1.29 is 4.79 Å². The largest absolute Gasteiger partial charge is 0.339 e. The maximum atomic E-state index is 12.4. The van der Waals surface area contributed by atoms with Crippen molar-refractivity contribution in [1.29, 1.82) is 0 Å². The Balaban J connectivity index is 1.98. The molecule has 1 saturated heterocycles. The molecule has 1 fully saturated rings. The predicted molar refractivity (Wildman–Crippen MR) is 76.2 cm³/mol. The first-order valence-corrected chi connectivity index (χ1v) is 7.04. The van der Waals surface area contributed by atoms with E-state index in [2.05, 4.69) is 16.8 Å². The quantitative estimate of drug-likeness (QED) is 0.834. The van der Waals surface area contributed by atoms with Gasteiger partial charge in [0.15, 0.2) is 0 Å². The number of nitrogens with zero attached hydrogens (tertiary/aromatic N) is 3. The molecule has 0 aromatic carbocycles. The Labute approximate surface area is 115 Å². The SMILES string of the molecule is CCN1CCC(N(C)C(=O)c2ccc(C)nc2)CC1. The number of amides is 1. The molecule has 2 heterocycles. The van der Waals surface area contributed by atoms with Crippen molar-refractivity contribution in [3.05, 3.63) is 29.6 Å². The molecule has 0 saturated carbocycles. The van der Waals surface area contributed by atoms with Crippen LogP contribution in [0.5, 0.6) is 0 Å². The van der Waals surface area contributed by atoms with Gasteiger partial charge >= 0.3 is 0 Å². The molecule has 0 unspecified atom stereocenters. The lowest BCUT2D eigenvalue weighted by molar-refractivity contribution is 0.0646. The van der Waals surface area contributed by atoms with Crippen LogP contribution in [0.2, 0.25) is 0 Å². The molecule has 0 bridgehead atoms. The van der Waals surface area contributed by atoms with Crippen molar-refractivity contribution in [2.75, 3.05) is 26.7 Å². The van der Waals surface area contributed by atoms with Crippen LogP contribution in [0.4, 0.5) is 0 Å². The molecule has 0 aliphatic carbocycles. The third kappa shape index (κ3) is 3.32. The van der Waals surface area contributed by atoms with Gasteiger partial charge in [-0.25, -0.2) is 0 Å². The summed E-state index contributed by atoms with van der Waals surface area (Å²) in [5.74, 6) is 0.0856. The number of pyridine rings is 1. The average Bonchev–Trinajstić information content (AvgIpc) is 2.46. The molecular weight excluding hydrogens is 238 g/mol. The Hall–Kier alpha value is -1.42. The predicted octanol–water partition coefficient (Wildman–Crippen LogP) is 1.95. The number of aromatic nitrogens is 1. The number of likely N-dealkylation sites (tertiary alicyclic amines) is 1. The van der Waals surface area contributed by atoms with Crippen molar-refractivity contribution >= 4 is 5.91 Å². The van der Waals surface area contributed by atoms with Crippen LogP contribution in [-0.4, -0.2) is 53.4 Å². The van der Waals surface area contributed by atoms with Crippen molar-refractivity contribution in [3.63, 3.8) is 0 Å². The first-order chi connectivity index (χ1) is 9.11. The summed E-state index contributed by atoms with van der Waals surface area (Å²) in [6.45, 7) is 7.40. The van der Waals surface area contributed by atoms with Gasteiger partial charge in [0.05, 0.1) is 5.56 Å². The van der Waals surface area contributed by atoms with E-state index in [0.717, 1.165) is 38.2 Å². The second-order valence-corrected chi connectivity index (χ2v) is 5.27. The summed E-state index contributed by atoms with van der Waals surface area (Å²) in [4.78, 5) is 20.9. The molecular formula is C15H23N3O. The van der Waals surface area contributed by atoms with E-state index in [4.69, 9.17) is 0 Å². The topological polar surface area (TPSA) is 36.4 Å². The zero-order chi connectivity index (χ0) is 13.8. The molecule has 1 aromatic heterocycles. The molecule has 1 amide bonds. The lowest BCUT2D eigenvalue weighted by Crippen LogP contribution is -2.45. The van der Waals surface area contributed by atoms with Crippen LogP contribution in [0, 0.1) is 6.92 Å². The van der Waals surface area contributed by atoms with Crippen LogP contribution in [-0.2, 0) is 0 Å². The van der Waals surface area contributed by atoms with Crippen molar-refractivity contribution in [1.82, 2.24) is 14.8 Å². The van der Waals surface area contributed by atoms with Crippen molar-refractivity contribution in [2.24, 2.45) is 0 Å². The summed E-state index contributed by atoms with van der Waals surface area (Å²) in [6, 6.07) is 4.11. The molecule has 0 N–H and O–H groups in total. The Morgan fingerprint density at radius 2 is 2.11 bits per heavy atom. The minimum atomic E-state index is 0.0856. The minimum absolute atomic E-state index is 0.0856. The standard InChI is InChI=1S/C15H23N3O/c1-4-18-9-7-14(8-10-18)17(3)15(19)13-6-5-12(2)16-11-13/h5-6,11,14H,4,7-10H2,1-3H3. The number of hydrogen-bond acceptors (Lipinski definition) is 3. The fraction of sp³-hybridized carbons (Fsp3) is 0.600. The highest BCUT2D eigenvalue weighted by Crippen LogP contribution is 2.17. The van der Waals surface area contributed by atoms with Crippen LogP contribution >= 0.6 is 0 Å². The molecule has 4 nitrogen and oxygen atoms in total. The second-order valence-electron chi connectivity index (χ2n) is 5.27. The van der Waals surface area contributed by atoms with Gasteiger partial charge in [-0.3, -0.25) is 9.78 Å². The normalized spacial score (nSPS) is 17.4. The maximum absolute atomic E-state index is 12.4. The Morgan fingerprint density at radius 3 is 2.63 bits per heavy atom. The molecule has 1 aliphatic rings. The lowest BCUT2D eigenvalue weighted by Gasteiger charge is -2.36. The summed E-state index contributed by atoms with van der Waals surface area (Å²) < 4.78 is 0.